The average Bonchev–Trinajstić information content (AvgIpc) is 3.44. The van der Waals surface area contributed by atoms with Crippen molar-refractivity contribution >= 4 is 38.4 Å². The number of halogens is 1. The van der Waals surface area contributed by atoms with E-state index in [9.17, 15) is 27.5 Å². The van der Waals surface area contributed by atoms with Crippen LogP contribution in [-0.4, -0.2) is 66.5 Å². The van der Waals surface area contributed by atoms with Crippen molar-refractivity contribution in [2.24, 2.45) is 11.1 Å². The number of piperidine rings is 1. The van der Waals surface area contributed by atoms with E-state index in [2.05, 4.69) is 5.32 Å². The van der Waals surface area contributed by atoms with E-state index in [4.69, 9.17) is 10.5 Å². The number of nitrogens with one attached hydrogen (secondary N) is 1. The molecule has 2 amide bonds. The fourth-order valence-electron chi connectivity index (χ4n) is 4.77. The fraction of sp³-hybridized carbons (Fsp3) is 0.520. The van der Waals surface area contributed by atoms with E-state index >= 15 is 0 Å². The Labute approximate surface area is 225 Å². The number of likely N-dealkylation sites (tertiary alicyclic amines) is 1. The van der Waals surface area contributed by atoms with Crippen LogP contribution in [0.4, 0.5) is 14.2 Å². The van der Waals surface area contributed by atoms with E-state index in [1.165, 1.54) is 28.6 Å². The number of hydrogen-bond acceptors (Lipinski definition) is 8. The molecule has 1 spiro atoms. The highest BCUT2D eigenvalue weighted by Crippen LogP contribution is 2.44. The number of carbonyl (C=O) groups excluding carboxylic acids is 2. The van der Waals surface area contributed by atoms with Gasteiger partial charge < -0.3 is 25.8 Å². The second kappa shape index (κ2) is 10.5. The Morgan fingerprint density at radius 1 is 1.18 bits per heavy atom. The van der Waals surface area contributed by atoms with Crippen molar-refractivity contribution in [2.75, 3.05) is 31.5 Å². The summed E-state index contributed by atoms with van der Waals surface area (Å²) in [5.41, 5.74) is 4.61. The van der Waals surface area contributed by atoms with Gasteiger partial charge in [0.15, 0.2) is 0 Å². The summed E-state index contributed by atoms with van der Waals surface area (Å²) < 4.78 is 47.9. The fourth-order valence-corrected chi connectivity index (χ4v) is 7.89. The van der Waals surface area contributed by atoms with E-state index in [-0.39, 0.29) is 31.8 Å². The van der Waals surface area contributed by atoms with Gasteiger partial charge in [0.05, 0.1) is 5.56 Å². The normalized spacial score (nSPS) is 18.9. The molecular weight excluding hydrogens is 535 g/mol. The number of aliphatic hydroxyl groups is 1. The highest BCUT2D eigenvalue weighted by atomic mass is 32.2. The van der Waals surface area contributed by atoms with Gasteiger partial charge in [-0.25, -0.2) is 17.6 Å². The van der Waals surface area contributed by atoms with Gasteiger partial charge in [0.2, 0.25) is 0 Å². The number of anilines is 1. The van der Waals surface area contributed by atoms with Crippen LogP contribution in [0.3, 0.4) is 0 Å². The number of aliphatic hydroxyl groups excluding tert-OH is 1. The highest BCUT2D eigenvalue weighted by Gasteiger charge is 2.46. The number of carbonyl (C=O) groups is 2. The maximum atomic E-state index is 14.1. The second-order valence-electron chi connectivity index (χ2n) is 10.8. The number of benzene rings is 1. The van der Waals surface area contributed by atoms with Gasteiger partial charge in [0, 0.05) is 31.7 Å². The SMILES string of the molecule is CC(C)(C)OC(=O)N1CCC2(CC1)CCN(S(=O)(=O)c1cc(C(N)O)c(NC(=O)c3ccccc3F)s1)C2. The first kappa shape index (κ1) is 28.4. The zero-order valence-electron chi connectivity index (χ0n) is 21.6. The van der Waals surface area contributed by atoms with E-state index in [1.54, 1.807) is 4.90 Å². The number of rotatable bonds is 5. The highest BCUT2D eigenvalue weighted by molar-refractivity contribution is 7.91. The van der Waals surface area contributed by atoms with Crippen LogP contribution in [0.2, 0.25) is 0 Å². The number of nitrogens with two attached hydrogens (primary N) is 1. The standard InChI is InChI=1S/C25H33FN4O6S2/c1-24(2,3)36-23(33)29-11-8-25(9-12-29)10-13-30(15-25)38(34,35)19-14-17(20(27)31)22(37-19)28-21(32)16-6-4-5-7-18(16)26/h4-7,14,20,31H,8-13,15,27H2,1-3H3,(H,28,32). The summed E-state index contributed by atoms with van der Waals surface area (Å²) in [7, 11) is -3.96. The number of ether oxygens (including phenoxy) is 1. The molecule has 2 aromatic rings. The topological polar surface area (TPSA) is 142 Å². The zero-order chi connectivity index (χ0) is 27.9. The van der Waals surface area contributed by atoms with Crippen LogP contribution in [0.5, 0.6) is 0 Å². The maximum absolute atomic E-state index is 14.1. The Kier molecular flexibility index (Phi) is 7.88. The molecule has 38 heavy (non-hydrogen) atoms. The molecule has 0 saturated carbocycles. The number of sulfonamides is 1. The van der Waals surface area contributed by atoms with Crippen LogP contribution in [-0.2, 0) is 14.8 Å². The van der Waals surface area contributed by atoms with Gasteiger partial charge in [-0.15, -0.1) is 11.3 Å². The Morgan fingerprint density at radius 3 is 2.42 bits per heavy atom. The molecule has 13 heteroatoms. The van der Waals surface area contributed by atoms with E-state index in [0.29, 0.717) is 45.4 Å². The smallest absolute Gasteiger partial charge is 0.410 e. The lowest BCUT2D eigenvalue weighted by atomic mass is 9.78. The average molecular weight is 569 g/mol. The zero-order valence-corrected chi connectivity index (χ0v) is 23.2. The quantitative estimate of drug-likeness (QED) is 0.469. The van der Waals surface area contributed by atoms with Crippen molar-refractivity contribution in [2.45, 2.75) is 56.1 Å². The third-order valence-electron chi connectivity index (χ3n) is 6.88. The van der Waals surface area contributed by atoms with Crippen molar-refractivity contribution in [1.82, 2.24) is 9.21 Å². The molecule has 2 fully saturated rings. The van der Waals surface area contributed by atoms with Crippen LogP contribution >= 0.6 is 11.3 Å². The van der Waals surface area contributed by atoms with Crippen molar-refractivity contribution in [3.63, 3.8) is 0 Å². The molecule has 0 aliphatic carbocycles. The Balaban J connectivity index is 1.47. The Hall–Kier alpha value is -2.58. The summed E-state index contributed by atoms with van der Waals surface area (Å²) in [6.07, 6.45) is 0.0430. The summed E-state index contributed by atoms with van der Waals surface area (Å²) in [6.45, 7) is 7.01. The number of amides is 2. The van der Waals surface area contributed by atoms with Crippen molar-refractivity contribution in [1.29, 1.82) is 0 Å². The molecule has 3 heterocycles. The predicted molar refractivity (Wildman–Crippen MR) is 141 cm³/mol. The minimum Gasteiger partial charge on any atom is -0.444 e. The Morgan fingerprint density at radius 2 is 1.82 bits per heavy atom. The molecule has 2 aliphatic heterocycles. The minimum atomic E-state index is -3.96. The summed E-state index contributed by atoms with van der Waals surface area (Å²) >= 11 is 0.762. The molecule has 0 radical (unpaired) electrons. The van der Waals surface area contributed by atoms with E-state index in [0.717, 1.165) is 17.4 Å². The molecule has 0 bridgehead atoms. The van der Waals surface area contributed by atoms with Crippen LogP contribution in [0.15, 0.2) is 34.5 Å². The molecule has 10 nitrogen and oxygen atoms in total. The van der Waals surface area contributed by atoms with Crippen molar-refractivity contribution in [3.8, 4) is 0 Å². The van der Waals surface area contributed by atoms with Gasteiger partial charge >= 0.3 is 6.09 Å². The molecule has 1 aromatic heterocycles. The van der Waals surface area contributed by atoms with E-state index < -0.39 is 33.6 Å². The Bertz CT molecular complexity index is 1310. The van der Waals surface area contributed by atoms with E-state index in [1.807, 2.05) is 20.8 Å². The lowest BCUT2D eigenvalue weighted by molar-refractivity contribution is 0.0115. The predicted octanol–water partition coefficient (Wildman–Crippen LogP) is 3.50. The number of thiophene rings is 1. The summed E-state index contributed by atoms with van der Waals surface area (Å²) in [5.74, 6) is -1.52. The van der Waals surface area contributed by atoms with Gasteiger partial charge in [-0.2, -0.15) is 4.31 Å². The maximum Gasteiger partial charge on any atom is 0.410 e. The van der Waals surface area contributed by atoms with Gasteiger partial charge in [0.1, 0.15) is 26.9 Å². The van der Waals surface area contributed by atoms with Crippen LogP contribution in [0.25, 0.3) is 0 Å². The first-order valence-electron chi connectivity index (χ1n) is 12.3. The second-order valence-corrected chi connectivity index (χ2v) is 14.0. The molecule has 1 atom stereocenters. The summed E-state index contributed by atoms with van der Waals surface area (Å²) in [5, 5.41) is 12.6. The molecule has 4 rings (SSSR count). The van der Waals surface area contributed by atoms with Crippen molar-refractivity contribution < 1.29 is 32.2 Å². The summed E-state index contributed by atoms with van der Waals surface area (Å²) in [4.78, 5) is 26.7. The molecule has 2 aliphatic rings. The first-order valence-corrected chi connectivity index (χ1v) is 14.6. The van der Waals surface area contributed by atoms with Gasteiger partial charge in [-0.3, -0.25) is 4.79 Å². The summed E-state index contributed by atoms with van der Waals surface area (Å²) in [6, 6.07) is 6.63. The van der Waals surface area contributed by atoms with Crippen LogP contribution in [0, 0.1) is 11.2 Å². The third kappa shape index (κ3) is 6.01. The van der Waals surface area contributed by atoms with Gasteiger partial charge in [-0.05, 0) is 63.6 Å². The lowest BCUT2D eigenvalue weighted by Crippen LogP contribution is -2.46. The molecule has 1 aromatic carbocycles. The van der Waals surface area contributed by atoms with Crippen molar-refractivity contribution in [3.05, 3.63) is 47.3 Å². The van der Waals surface area contributed by atoms with Gasteiger partial charge in [0.25, 0.3) is 15.9 Å². The monoisotopic (exact) mass is 568 g/mol. The molecule has 208 valence electrons. The number of hydrogen-bond donors (Lipinski definition) is 3. The molecule has 1 unspecified atom stereocenters. The number of nitrogens with zero attached hydrogens (tertiary/aromatic N) is 2. The molecular formula is C25H33FN4O6S2. The lowest BCUT2D eigenvalue weighted by Gasteiger charge is -2.39. The first-order chi connectivity index (χ1) is 17.7. The third-order valence-corrected chi connectivity index (χ3v) is 10.2. The largest absolute Gasteiger partial charge is 0.444 e. The molecule has 4 N–H and O–H groups in total. The van der Waals surface area contributed by atoms with Crippen LogP contribution in [0.1, 0.15) is 62.2 Å². The minimum absolute atomic E-state index is 0.0258. The molecule has 2 saturated heterocycles. The van der Waals surface area contributed by atoms with Crippen LogP contribution < -0.4 is 11.1 Å². The van der Waals surface area contributed by atoms with Gasteiger partial charge in [-0.1, -0.05) is 12.1 Å².